The molecule has 1 aromatic rings. The van der Waals surface area contributed by atoms with Gasteiger partial charge < -0.3 is 4.74 Å². The Morgan fingerprint density at radius 1 is 1.33 bits per heavy atom. The second-order valence-corrected chi connectivity index (χ2v) is 7.93. The van der Waals surface area contributed by atoms with Crippen molar-refractivity contribution in [2.24, 2.45) is 0 Å². The molecule has 0 N–H and O–H groups in total. The van der Waals surface area contributed by atoms with E-state index in [2.05, 4.69) is 20.9 Å². The van der Waals surface area contributed by atoms with Crippen LogP contribution < -0.4 is 0 Å². The Labute approximate surface area is 134 Å². The van der Waals surface area contributed by atoms with Crippen LogP contribution in [0.1, 0.15) is 18.5 Å². The number of nitrogens with zero attached hydrogens (tertiary/aromatic N) is 2. The van der Waals surface area contributed by atoms with E-state index in [4.69, 9.17) is 4.74 Å². The third-order valence-electron chi connectivity index (χ3n) is 3.57. The summed E-state index contributed by atoms with van der Waals surface area (Å²) in [6, 6.07) is 5.56. The van der Waals surface area contributed by atoms with Gasteiger partial charge in [0.05, 0.1) is 18.5 Å². The van der Waals surface area contributed by atoms with Crippen LogP contribution in [0, 0.1) is 0 Å². The zero-order chi connectivity index (χ0) is 15.1. The van der Waals surface area contributed by atoms with Crippen molar-refractivity contribution in [3.63, 3.8) is 0 Å². The topological polar surface area (TPSA) is 59.5 Å². The lowest BCUT2D eigenvalue weighted by Crippen LogP contribution is -2.42. The molecule has 2 rings (SSSR count). The number of aromatic nitrogens is 1. The molecule has 1 fully saturated rings. The number of alkyl halides is 1. The number of aryl methyl sites for hydroxylation is 1. The molecule has 1 aromatic heterocycles. The van der Waals surface area contributed by atoms with Crippen molar-refractivity contribution in [2.75, 3.05) is 30.8 Å². The summed E-state index contributed by atoms with van der Waals surface area (Å²) in [5.74, 6) is 0.122. The van der Waals surface area contributed by atoms with E-state index >= 15 is 0 Å². The minimum atomic E-state index is -3.20. The maximum Gasteiger partial charge on any atom is 0.214 e. The highest BCUT2D eigenvalue weighted by Gasteiger charge is 2.28. The van der Waals surface area contributed by atoms with E-state index in [-0.39, 0.29) is 11.9 Å². The van der Waals surface area contributed by atoms with Gasteiger partial charge in [-0.1, -0.05) is 22.0 Å². The molecular formula is C14H21BrN2O3S. The molecule has 0 spiro atoms. The van der Waals surface area contributed by atoms with E-state index in [0.717, 1.165) is 23.9 Å². The van der Waals surface area contributed by atoms with Crippen molar-refractivity contribution < 1.29 is 13.2 Å². The van der Waals surface area contributed by atoms with Gasteiger partial charge in [0.15, 0.2) is 0 Å². The SMILES string of the molecule is O=S(=O)(CCc1ccccn1)N1CCC(OCCBr)CC1. The summed E-state index contributed by atoms with van der Waals surface area (Å²) in [5.41, 5.74) is 0.816. The Balaban J connectivity index is 1.81. The van der Waals surface area contributed by atoms with Crippen LogP contribution in [0.4, 0.5) is 0 Å². The first-order valence-corrected chi connectivity index (χ1v) is 9.90. The molecule has 1 aliphatic rings. The van der Waals surface area contributed by atoms with Crippen LogP contribution in [0.2, 0.25) is 0 Å². The molecule has 0 atom stereocenters. The molecule has 0 saturated carbocycles. The van der Waals surface area contributed by atoms with Crippen LogP contribution >= 0.6 is 15.9 Å². The summed E-state index contributed by atoms with van der Waals surface area (Å²) in [5, 5.41) is 0.815. The summed E-state index contributed by atoms with van der Waals surface area (Å²) in [7, 11) is -3.20. The largest absolute Gasteiger partial charge is 0.377 e. The van der Waals surface area contributed by atoms with Crippen molar-refractivity contribution in [1.29, 1.82) is 0 Å². The molecule has 0 aromatic carbocycles. The monoisotopic (exact) mass is 376 g/mol. The molecule has 0 bridgehead atoms. The van der Waals surface area contributed by atoms with Crippen molar-refractivity contribution in [3.05, 3.63) is 30.1 Å². The fourth-order valence-electron chi connectivity index (χ4n) is 2.40. The minimum Gasteiger partial charge on any atom is -0.377 e. The second kappa shape index (κ2) is 8.22. The first-order chi connectivity index (χ1) is 10.1. The lowest BCUT2D eigenvalue weighted by molar-refractivity contribution is 0.0309. The average molecular weight is 377 g/mol. The summed E-state index contributed by atoms with van der Waals surface area (Å²) in [4.78, 5) is 4.17. The van der Waals surface area contributed by atoms with Gasteiger partial charge >= 0.3 is 0 Å². The van der Waals surface area contributed by atoms with Gasteiger partial charge in [0.1, 0.15) is 0 Å². The predicted molar refractivity (Wildman–Crippen MR) is 86.1 cm³/mol. The maximum absolute atomic E-state index is 12.3. The number of rotatable bonds is 7. The maximum atomic E-state index is 12.3. The van der Waals surface area contributed by atoms with Crippen LogP contribution in [0.3, 0.4) is 0 Å². The van der Waals surface area contributed by atoms with Crippen LogP contribution in [-0.2, 0) is 21.2 Å². The van der Waals surface area contributed by atoms with Crippen LogP contribution in [0.5, 0.6) is 0 Å². The number of piperidine rings is 1. The van der Waals surface area contributed by atoms with Gasteiger partial charge in [-0.2, -0.15) is 0 Å². The van der Waals surface area contributed by atoms with Crippen molar-refractivity contribution in [3.8, 4) is 0 Å². The van der Waals surface area contributed by atoms with Gasteiger partial charge in [0, 0.05) is 36.7 Å². The zero-order valence-electron chi connectivity index (χ0n) is 11.9. The number of hydrogen-bond acceptors (Lipinski definition) is 4. The fraction of sp³-hybridized carbons (Fsp3) is 0.643. The Kier molecular flexibility index (Phi) is 6.60. The molecule has 2 heterocycles. The average Bonchev–Trinajstić information content (AvgIpc) is 2.52. The minimum absolute atomic E-state index is 0.122. The summed E-state index contributed by atoms with van der Waals surface area (Å²) in [6.07, 6.45) is 3.88. The zero-order valence-corrected chi connectivity index (χ0v) is 14.4. The van der Waals surface area contributed by atoms with Gasteiger partial charge in [-0.25, -0.2) is 12.7 Å². The highest BCUT2D eigenvalue weighted by atomic mass is 79.9. The van der Waals surface area contributed by atoms with E-state index in [1.54, 1.807) is 10.5 Å². The lowest BCUT2D eigenvalue weighted by atomic mass is 10.1. The van der Waals surface area contributed by atoms with Crippen LogP contribution in [0.15, 0.2) is 24.4 Å². The molecule has 0 radical (unpaired) electrons. The van der Waals surface area contributed by atoms with Gasteiger partial charge in [-0.15, -0.1) is 0 Å². The molecule has 118 valence electrons. The summed E-state index contributed by atoms with van der Waals surface area (Å²) in [6.45, 7) is 1.78. The van der Waals surface area contributed by atoms with Crippen LogP contribution in [-0.4, -0.2) is 54.6 Å². The van der Waals surface area contributed by atoms with Crippen LogP contribution in [0.25, 0.3) is 0 Å². The molecule has 0 unspecified atom stereocenters. The van der Waals surface area contributed by atoms with E-state index in [1.807, 2.05) is 18.2 Å². The van der Waals surface area contributed by atoms with E-state index < -0.39 is 10.0 Å². The standard InChI is InChI=1S/C14H21BrN2O3S/c15-7-11-20-14-4-9-17(10-5-14)21(18,19)12-6-13-3-1-2-8-16-13/h1-3,8,14H,4-7,9-12H2. The van der Waals surface area contributed by atoms with Crippen molar-refractivity contribution in [2.45, 2.75) is 25.4 Å². The van der Waals surface area contributed by atoms with E-state index in [0.29, 0.717) is 26.1 Å². The first kappa shape index (κ1) is 16.9. The highest BCUT2D eigenvalue weighted by molar-refractivity contribution is 9.09. The van der Waals surface area contributed by atoms with Gasteiger partial charge in [-0.3, -0.25) is 4.98 Å². The Morgan fingerprint density at radius 3 is 2.71 bits per heavy atom. The number of pyridine rings is 1. The van der Waals surface area contributed by atoms with Gasteiger partial charge in [0.25, 0.3) is 0 Å². The third kappa shape index (κ3) is 5.32. The third-order valence-corrected chi connectivity index (χ3v) is 5.76. The molecule has 0 aliphatic carbocycles. The lowest BCUT2D eigenvalue weighted by Gasteiger charge is -2.31. The molecule has 7 heteroatoms. The highest BCUT2D eigenvalue weighted by Crippen LogP contribution is 2.17. The Hall–Kier alpha value is -0.500. The first-order valence-electron chi connectivity index (χ1n) is 7.17. The normalized spacial score (nSPS) is 18.0. The molecule has 1 saturated heterocycles. The Bertz CT molecular complexity index is 516. The predicted octanol–water partition coefficient (Wildman–Crippen LogP) is 1.83. The number of ether oxygens (including phenoxy) is 1. The molecule has 0 amide bonds. The summed E-state index contributed by atoms with van der Waals surface area (Å²) < 4.78 is 31.9. The Morgan fingerprint density at radius 2 is 2.10 bits per heavy atom. The molecule has 1 aliphatic heterocycles. The van der Waals surface area contributed by atoms with Crippen molar-refractivity contribution >= 4 is 26.0 Å². The fourth-order valence-corrected chi connectivity index (χ4v) is 4.08. The van der Waals surface area contributed by atoms with E-state index in [1.165, 1.54) is 0 Å². The summed E-state index contributed by atoms with van der Waals surface area (Å²) >= 11 is 3.33. The number of hydrogen-bond donors (Lipinski definition) is 0. The quantitative estimate of drug-likeness (QED) is 0.681. The number of sulfonamides is 1. The second-order valence-electron chi connectivity index (χ2n) is 5.05. The van der Waals surface area contributed by atoms with Gasteiger partial charge in [0.2, 0.25) is 10.0 Å². The van der Waals surface area contributed by atoms with E-state index in [9.17, 15) is 8.42 Å². The molecule has 21 heavy (non-hydrogen) atoms. The molecule has 5 nitrogen and oxygen atoms in total. The smallest absolute Gasteiger partial charge is 0.214 e. The van der Waals surface area contributed by atoms with Crippen molar-refractivity contribution in [1.82, 2.24) is 9.29 Å². The molecular weight excluding hydrogens is 356 g/mol. The van der Waals surface area contributed by atoms with Gasteiger partial charge in [-0.05, 0) is 25.0 Å². The number of halogens is 1.